The van der Waals surface area contributed by atoms with E-state index in [0.717, 1.165) is 30.9 Å². The molecule has 5 rings (SSSR count). The lowest BCUT2D eigenvalue weighted by Gasteiger charge is -2.31. The number of benzene rings is 2. The molecule has 2 aliphatic rings. The van der Waals surface area contributed by atoms with E-state index >= 15 is 0 Å². The number of sulfonamides is 1. The lowest BCUT2D eigenvalue weighted by molar-refractivity contribution is 0.246. The fraction of sp³-hybridized carbons (Fsp3) is 0.333. The van der Waals surface area contributed by atoms with Crippen molar-refractivity contribution in [2.75, 3.05) is 13.1 Å². The van der Waals surface area contributed by atoms with E-state index in [0.29, 0.717) is 24.9 Å². The van der Waals surface area contributed by atoms with Gasteiger partial charge in [0.1, 0.15) is 5.82 Å². The summed E-state index contributed by atoms with van der Waals surface area (Å²) in [5, 5.41) is 8.41. The summed E-state index contributed by atoms with van der Waals surface area (Å²) < 4.78 is 46.4. The summed E-state index contributed by atoms with van der Waals surface area (Å²) in [7, 11) is -3.68. The molecular formula is C21H20FN3O3S. The summed E-state index contributed by atoms with van der Waals surface area (Å²) in [6.07, 6.45) is 2.39. The highest BCUT2D eigenvalue weighted by atomic mass is 32.2. The topological polar surface area (TPSA) is 76.3 Å². The fourth-order valence-corrected chi connectivity index (χ4v) is 5.74. The van der Waals surface area contributed by atoms with Gasteiger partial charge in [-0.3, -0.25) is 0 Å². The van der Waals surface area contributed by atoms with Crippen molar-refractivity contribution in [3.05, 3.63) is 66.3 Å². The number of aromatic nitrogens is 2. The minimum absolute atomic E-state index is 0.00482. The maximum Gasteiger partial charge on any atom is 0.247 e. The number of nitrogens with zero attached hydrogens (tertiary/aromatic N) is 3. The monoisotopic (exact) mass is 413 g/mol. The van der Waals surface area contributed by atoms with E-state index in [4.69, 9.17) is 4.42 Å². The Hall–Kier alpha value is -2.58. The van der Waals surface area contributed by atoms with Gasteiger partial charge < -0.3 is 4.42 Å². The molecule has 0 N–H and O–H groups in total. The van der Waals surface area contributed by atoms with Crippen LogP contribution in [0, 0.1) is 11.2 Å². The van der Waals surface area contributed by atoms with Gasteiger partial charge in [0.25, 0.3) is 0 Å². The molecular weight excluding hydrogens is 393 g/mol. The zero-order chi connectivity index (χ0) is 20.1. The number of halogens is 1. The van der Waals surface area contributed by atoms with Crippen LogP contribution in [-0.4, -0.2) is 36.0 Å². The fourth-order valence-electron chi connectivity index (χ4n) is 4.27. The van der Waals surface area contributed by atoms with Gasteiger partial charge in [0.05, 0.1) is 4.90 Å². The molecule has 8 heteroatoms. The Balaban J connectivity index is 1.28. The Morgan fingerprint density at radius 2 is 1.79 bits per heavy atom. The zero-order valence-electron chi connectivity index (χ0n) is 15.7. The SMILES string of the molecule is O=S(=O)(c1cccc(F)c1)N1CCC2(CC1)C[C@@H]2c1nnc(-c2ccccc2)o1. The Bertz CT molecular complexity index is 1140. The lowest BCUT2D eigenvalue weighted by Crippen LogP contribution is -2.39. The largest absolute Gasteiger partial charge is 0.420 e. The van der Waals surface area contributed by atoms with Crippen LogP contribution in [0.4, 0.5) is 4.39 Å². The van der Waals surface area contributed by atoms with Crippen molar-refractivity contribution in [2.45, 2.75) is 30.1 Å². The second-order valence-electron chi connectivity index (χ2n) is 7.79. The highest BCUT2D eigenvalue weighted by Gasteiger charge is 2.58. The minimum Gasteiger partial charge on any atom is -0.420 e. The van der Waals surface area contributed by atoms with Gasteiger partial charge in [0.15, 0.2) is 0 Å². The van der Waals surface area contributed by atoms with Crippen molar-refractivity contribution in [2.24, 2.45) is 5.41 Å². The number of hydrogen-bond acceptors (Lipinski definition) is 5. The summed E-state index contributed by atoms with van der Waals surface area (Å²) in [4.78, 5) is 0.00482. The third kappa shape index (κ3) is 3.26. The average Bonchev–Trinajstić information content (AvgIpc) is 3.20. The van der Waals surface area contributed by atoms with Crippen LogP contribution in [-0.2, 0) is 10.0 Å². The first-order valence-electron chi connectivity index (χ1n) is 9.63. The van der Waals surface area contributed by atoms with Crippen LogP contribution in [0.2, 0.25) is 0 Å². The Labute approximate surface area is 168 Å². The molecule has 0 unspecified atom stereocenters. The predicted octanol–water partition coefficient (Wildman–Crippen LogP) is 3.83. The van der Waals surface area contributed by atoms with Crippen LogP contribution in [0.5, 0.6) is 0 Å². The predicted molar refractivity (Wildman–Crippen MR) is 104 cm³/mol. The maximum atomic E-state index is 13.5. The Morgan fingerprint density at radius 3 is 2.52 bits per heavy atom. The Kier molecular flexibility index (Phi) is 4.29. The van der Waals surface area contributed by atoms with Crippen LogP contribution in [0.25, 0.3) is 11.5 Å². The second-order valence-corrected chi connectivity index (χ2v) is 9.73. The molecule has 2 fully saturated rings. The molecule has 1 atom stereocenters. The summed E-state index contributed by atoms with van der Waals surface area (Å²) in [5.41, 5.74) is 0.908. The summed E-state index contributed by atoms with van der Waals surface area (Å²) in [5.74, 6) is 0.762. The molecule has 29 heavy (non-hydrogen) atoms. The van der Waals surface area contributed by atoms with E-state index in [1.807, 2.05) is 30.3 Å². The summed E-state index contributed by atoms with van der Waals surface area (Å²) >= 11 is 0. The smallest absolute Gasteiger partial charge is 0.247 e. The molecule has 1 saturated carbocycles. The number of piperidine rings is 1. The molecule has 1 aliphatic heterocycles. The molecule has 6 nitrogen and oxygen atoms in total. The molecule has 1 saturated heterocycles. The Morgan fingerprint density at radius 1 is 1.03 bits per heavy atom. The van der Waals surface area contributed by atoms with Gasteiger partial charge >= 0.3 is 0 Å². The third-order valence-corrected chi connectivity index (χ3v) is 8.00. The first-order chi connectivity index (χ1) is 14.0. The third-order valence-electron chi connectivity index (χ3n) is 6.10. The van der Waals surface area contributed by atoms with E-state index in [-0.39, 0.29) is 16.2 Å². The van der Waals surface area contributed by atoms with E-state index in [1.165, 1.54) is 22.5 Å². The van der Waals surface area contributed by atoms with Crippen LogP contribution in [0.3, 0.4) is 0 Å². The molecule has 0 amide bonds. The van der Waals surface area contributed by atoms with Crippen LogP contribution >= 0.6 is 0 Å². The maximum absolute atomic E-state index is 13.5. The average molecular weight is 413 g/mol. The quantitative estimate of drug-likeness (QED) is 0.650. The zero-order valence-corrected chi connectivity index (χ0v) is 16.5. The van der Waals surface area contributed by atoms with Gasteiger partial charge in [-0.05, 0) is 55.0 Å². The lowest BCUT2D eigenvalue weighted by atomic mass is 9.92. The molecule has 1 aromatic heterocycles. The van der Waals surface area contributed by atoms with Crippen LogP contribution in [0.1, 0.15) is 31.1 Å². The van der Waals surface area contributed by atoms with Gasteiger partial charge in [-0.25, -0.2) is 12.8 Å². The van der Waals surface area contributed by atoms with Gasteiger partial charge in [-0.15, -0.1) is 10.2 Å². The normalized spacial score (nSPS) is 21.3. The van der Waals surface area contributed by atoms with Crippen molar-refractivity contribution >= 4 is 10.0 Å². The van der Waals surface area contributed by atoms with Crippen molar-refractivity contribution in [3.63, 3.8) is 0 Å². The highest BCUT2D eigenvalue weighted by Crippen LogP contribution is 2.64. The molecule has 150 valence electrons. The molecule has 3 aromatic rings. The van der Waals surface area contributed by atoms with E-state index < -0.39 is 15.8 Å². The van der Waals surface area contributed by atoms with E-state index in [2.05, 4.69) is 10.2 Å². The molecule has 2 aromatic carbocycles. The molecule has 2 heterocycles. The van der Waals surface area contributed by atoms with E-state index in [9.17, 15) is 12.8 Å². The summed E-state index contributed by atoms with van der Waals surface area (Å²) in [6.45, 7) is 0.823. The van der Waals surface area contributed by atoms with Gasteiger partial charge in [-0.2, -0.15) is 4.31 Å². The summed E-state index contributed by atoms with van der Waals surface area (Å²) in [6, 6.07) is 14.8. The van der Waals surface area contributed by atoms with Crippen LogP contribution < -0.4 is 0 Å². The van der Waals surface area contributed by atoms with Crippen LogP contribution in [0.15, 0.2) is 63.9 Å². The van der Waals surface area contributed by atoms with Crippen molar-refractivity contribution in [3.8, 4) is 11.5 Å². The first kappa shape index (κ1) is 18.4. The minimum atomic E-state index is -3.68. The standard InChI is InChI=1S/C21H20FN3O3S/c22-16-7-4-8-17(13-16)29(26,27)25-11-9-21(10-12-25)14-18(21)20-24-23-19(28-20)15-5-2-1-3-6-15/h1-8,13,18H,9-12,14H2/t18-/m1/s1. The van der Waals surface area contributed by atoms with Crippen molar-refractivity contribution in [1.82, 2.24) is 14.5 Å². The highest BCUT2D eigenvalue weighted by molar-refractivity contribution is 7.89. The molecule has 0 bridgehead atoms. The van der Waals surface area contributed by atoms with Crippen molar-refractivity contribution in [1.29, 1.82) is 0 Å². The number of rotatable bonds is 4. The van der Waals surface area contributed by atoms with Gasteiger partial charge in [0, 0.05) is 24.6 Å². The first-order valence-corrected chi connectivity index (χ1v) is 11.1. The van der Waals surface area contributed by atoms with Gasteiger partial charge in [0.2, 0.25) is 21.8 Å². The van der Waals surface area contributed by atoms with Gasteiger partial charge in [-0.1, -0.05) is 24.3 Å². The van der Waals surface area contributed by atoms with E-state index in [1.54, 1.807) is 0 Å². The molecule has 1 aliphatic carbocycles. The second kappa shape index (κ2) is 6.74. The van der Waals surface area contributed by atoms with Crippen molar-refractivity contribution < 1.29 is 17.2 Å². The molecule has 1 spiro atoms. The molecule has 0 radical (unpaired) electrons. The number of hydrogen-bond donors (Lipinski definition) is 0.